The Hall–Kier alpha value is -2.28. The molecule has 1 aliphatic heterocycles. The molecular formula is C23H27Cl2N3O3. The van der Waals surface area contributed by atoms with Crippen LogP contribution in [0.15, 0.2) is 42.5 Å². The van der Waals surface area contributed by atoms with Crippen molar-refractivity contribution in [1.29, 1.82) is 0 Å². The summed E-state index contributed by atoms with van der Waals surface area (Å²) in [5, 5.41) is 3.81. The number of ether oxygens (including phenoxy) is 1. The standard InChI is InChI=1S/C23H27Cl2N3O3/c1-27(2)20(18-7-4-5-9-21(18)31-3)14-26-22(29)19-8-6-10-28(19)23(30)15-11-16(24)13-17(25)12-15/h4-5,7,9,11-13,19-20H,6,8,10,14H2,1-3H3,(H,26,29). The number of benzene rings is 2. The summed E-state index contributed by atoms with van der Waals surface area (Å²) in [4.78, 5) is 29.7. The Morgan fingerprint density at radius 2 is 1.87 bits per heavy atom. The first-order valence-electron chi connectivity index (χ1n) is 10.2. The smallest absolute Gasteiger partial charge is 0.254 e. The first-order chi connectivity index (χ1) is 14.8. The normalized spacial score (nSPS) is 17.0. The summed E-state index contributed by atoms with van der Waals surface area (Å²) in [5.41, 5.74) is 1.38. The van der Waals surface area contributed by atoms with E-state index in [0.29, 0.717) is 35.1 Å². The van der Waals surface area contributed by atoms with Crippen molar-refractivity contribution >= 4 is 35.0 Å². The highest BCUT2D eigenvalue weighted by Gasteiger charge is 2.35. The molecule has 0 spiro atoms. The maximum absolute atomic E-state index is 13.0. The molecule has 2 atom stereocenters. The topological polar surface area (TPSA) is 61.9 Å². The SMILES string of the molecule is COc1ccccc1C(CNC(=O)C1CCCN1C(=O)c1cc(Cl)cc(Cl)c1)N(C)C. The molecule has 1 heterocycles. The van der Waals surface area contributed by atoms with E-state index in [1.54, 1.807) is 30.2 Å². The molecule has 0 aromatic heterocycles. The number of hydrogen-bond acceptors (Lipinski definition) is 4. The molecule has 8 heteroatoms. The summed E-state index contributed by atoms with van der Waals surface area (Å²) in [5.74, 6) is 0.364. The zero-order valence-corrected chi connectivity index (χ0v) is 19.4. The van der Waals surface area contributed by atoms with Gasteiger partial charge < -0.3 is 19.9 Å². The monoisotopic (exact) mass is 463 g/mol. The van der Waals surface area contributed by atoms with Crippen molar-refractivity contribution in [3.63, 3.8) is 0 Å². The second-order valence-corrected chi connectivity index (χ2v) is 8.65. The highest BCUT2D eigenvalue weighted by molar-refractivity contribution is 6.35. The lowest BCUT2D eigenvalue weighted by molar-refractivity contribution is -0.125. The van der Waals surface area contributed by atoms with Crippen LogP contribution in [0.1, 0.15) is 34.8 Å². The number of amides is 2. The van der Waals surface area contributed by atoms with Crippen LogP contribution in [0.5, 0.6) is 5.75 Å². The van der Waals surface area contributed by atoms with Gasteiger partial charge in [-0.25, -0.2) is 0 Å². The summed E-state index contributed by atoms with van der Waals surface area (Å²) >= 11 is 12.1. The highest BCUT2D eigenvalue weighted by atomic mass is 35.5. The van der Waals surface area contributed by atoms with Gasteiger partial charge in [-0.3, -0.25) is 9.59 Å². The van der Waals surface area contributed by atoms with Crippen molar-refractivity contribution in [1.82, 2.24) is 15.1 Å². The van der Waals surface area contributed by atoms with Crippen molar-refractivity contribution in [2.45, 2.75) is 24.9 Å². The van der Waals surface area contributed by atoms with Crippen molar-refractivity contribution < 1.29 is 14.3 Å². The summed E-state index contributed by atoms with van der Waals surface area (Å²) in [6.45, 7) is 0.915. The van der Waals surface area contributed by atoms with Crippen LogP contribution in [-0.4, -0.2) is 62.0 Å². The molecule has 1 saturated heterocycles. The van der Waals surface area contributed by atoms with Crippen LogP contribution < -0.4 is 10.1 Å². The van der Waals surface area contributed by atoms with Gasteiger partial charge >= 0.3 is 0 Å². The zero-order chi connectivity index (χ0) is 22.5. The number of carbonyl (C=O) groups excluding carboxylic acids is 2. The third kappa shape index (κ3) is 5.50. The fourth-order valence-electron chi connectivity index (χ4n) is 3.95. The van der Waals surface area contributed by atoms with E-state index in [9.17, 15) is 9.59 Å². The first kappa shape index (κ1) is 23.4. The fourth-order valence-corrected chi connectivity index (χ4v) is 4.48. The third-order valence-electron chi connectivity index (χ3n) is 5.52. The maximum Gasteiger partial charge on any atom is 0.254 e. The van der Waals surface area contributed by atoms with Gasteiger partial charge in [0.15, 0.2) is 0 Å². The van der Waals surface area contributed by atoms with Crippen LogP contribution in [0, 0.1) is 0 Å². The molecule has 2 unspecified atom stereocenters. The lowest BCUT2D eigenvalue weighted by atomic mass is 10.0. The van der Waals surface area contributed by atoms with Crippen molar-refractivity contribution in [2.75, 3.05) is 34.3 Å². The number of methoxy groups -OCH3 is 1. The number of rotatable bonds is 7. The molecule has 2 aromatic rings. The second-order valence-electron chi connectivity index (χ2n) is 7.78. The van der Waals surface area contributed by atoms with E-state index in [0.717, 1.165) is 17.7 Å². The Morgan fingerprint density at radius 1 is 1.19 bits per heavy atom. The largest absolute Gasteiger partial charge is 0.496 e. The molecule has 2 aromatic carbocycles. The number of likely N-dealkylation sites (N-methyl/N-ethyl adjacent to an activating group) is 1. The highest BCUT2D eigenvalue weighted by Crippen LogP contribution is 2.28. The lowest BCUT2D eigenvalue weighted by Crippen LogP contribution is -2.47. The molecule has 31 heavy (non-hydrogen) atoms. The van der Waals surface area contributed by atoms with Gasteiger partial charge in [0.1, 0.15) is 11.8 Å². The van der Waals surface area contributed by atoms with E-state index >= 15 is 0 Å². The Labute approximate surface area is 193 Å². The second kappa shape index (κ2) is 10.4. The van der Waals surface area contributed by atoms with Crippen LogP contribution in [0.25, 0.3) is 0 Å². The summed E-state index contributed by atoms with van der Waals surface area (Å²) < 4.78 is 5.49. The molecule has 0 aliphatic carbocycles. The Balaban J connectivity index is 1.72. The maximum atomic E-state index is 13.0. The van der Waals surface area contributed by atoms with E-state index in [4.69, 9.17) is 27.9 Å². The molecule has 6 nitrogen and oxygen atoms in total. The Kier molecular flexibility index (Phi) is 7.81. The number of halogens is 2. The number of nitrogens with zero attached hydrogens (tertiary/aromatic N) is 2. The van der Waals surface area contributed by atoms with Crippen LogP contribution in [-0.2, 0) is 4.79 Å². The van der Waals surface area contributed by atoms with E-state index in [-0.39, 0.29) is 17.9 Å². The van der Waals surface area contributed by atoms with Crippen LogP contribution in [0.4, 0.5) is 0 Å². The molecule has 2 amide bonds. The summed E-state index contributed by atoms with van der Waals surface area (Å²) in [6, 6.07) is 11.9. The minimum absolute atomic E-state index is 0.0719. The van der Waals surface area contributed by atoms with Crippen LogP contribution in [0.3, 0.4) is 0 Å². The average Bonchev–Trinajstić information content (AvgIpc) is 3.22. The molecule has 0 radical (unpaired) electrons. The van der Waals surface area contributed by atoms with E-state index < -0.39 is 6.04 Å². The number of para-hydroxylation sites is 1. The Bertz CT molecular complexity index is 931. The number of likely N-dealkylation sites (tertiary alicyclic amines) is 1. The quantitative estimate of drug-likeness (QED) is 0.673. The van der Waals surface area contributed by atoms with Gasteiger partial charge in [0, 0.05) is 34.3 Å². The molecule has 3 rings (SSSR count). The summed E-state index contributed by atoms with van der Waals surface area (Å²) in [6.07, 6.45) is 1.38. The van der Waals surface area contributed by atoms with Gasteiger partial charge in [-0.15, -0.1) is 0 Å². The molecule has 166 valence electrons. The van der Waals surface area contributed by atoms with E-state index in [1.165, 1.54) is 0 Å². The molecule has 1 aliphatic rings. The molecule has 1 N–H and O–H groups in total. The van der Waals surface area contributed by atoms with Gasteiger partial charge in [-0.05, 0) is 51.2 Å². The molecule has 0 bridgehead atoms. The zero-order valence-electron chi connectivity index (χ0n) is 17.9. The van der Waals surface area contributed by atoms with Crippen molar-refractivity contribution in [3.8, 4) is 5.75 Å². The first-order valence-corrected chi connectivity index (χ1v) is 10.9. The molecular weight excluding hydrogens is 437 g/mol. The van der Waals surface area contributed by atoms with Gasteiger partial charge in [-0.1, -0.05) is 41.4 Å². The minimum atomic E-state index is -0.522. The van der Waals surface area contributed by atoms with Crippen LogP contribution in [0.2, 0.25) is 10.0 Å². The Morgan fingerprint density at radius 3 is 2.52 bits per heavy atom. The summed E-state index contributed by atoms with van der Waals surface area (Å²) in [7, 11) is 5.54. The van der Waals surface area contributed by atoms with Crippen LogP contribution >= 0.6 is 23.2 Å². The van der Waals surface area contributed by atoms with Crippen molar-refractivity contribution in [2.24, 2.45) is 0 Å². The van der Waals surface area contributed by atoms with E-state index in [2.05, 4.69) is 5.32 Å². The fraction of sp³-hybridized carbons (Fsp3) is 0.391. The number of hydrogen-bond donors (Lipinski definition) is 1. The van der Waals surface area contributed by atoms with Gasteiger partial charge in [-0.2, -0.15) is 0 Å². The predicted molar refractivity (Wildman–Crippen MR) is 123 cm³/mol. The molecule has 0 saturated carbocycles. The minimum Gasteiger partial charge on any atom is -0.496 e. The molecule has 1 fully saturated rings. The van der Waals surface area contributed by atoms with E-state index in [1.807, 2.05) is 43.3 Å². The third-order valence-corrected chi connectivity index (χ3v) is 5.95. The van der Waals surface area contributed by atoms with Gasteiger partial charge in [0.25, 0.3) is 5.91 Å². The number of nitrogens with one attached hydrogen (secondary N) is 1. The number of carbonyl (C=O) groups is 2. The predicted octanol–water partition coefficient (Wildman–Crippen LogP) is 4.03. The van der Waals surface area contributed by atoms with Gasteiger partial charge in [0.05, 0.1) is 13.2 Å². The average molecular weight is 464 g/mol. The lowest BCUT2D eigenvalue weighted by Gasteiger charge is -2.28. The van der Waals surface area contributed by atoms with Crippen molar-refractivity contribution in [3.05, 3.63) is 63.6 Å². The van der Waals surface area contributed by atoms with Gasteiger partial charge in [0.2, 0.25) is 5.91 Å².